The lowest BCUT2D eigenvalue weighted by Crippen LogP contribution is -2.01. The van der Waals surface area contributed by atoms with Crippen molar-refractivity contribution < 1.29 is 14.3 Å². The normalized spacial score (nSPS) is 14.8. The number of carbonyl (C=O) groups is 1. The molecule has 0 aromatic heterocycles. The van der Waals surface area contributed by atoms with E-state index in [1.54, 1.807) is 6.08 Å². The average molecular weight is 322 g/mol. The third kappa shape index (κ3) is 3.67. The molecule has 3 heteroatoms. The van der Waals surface area contributed by atoms with Crippen LogP contribution in [0, 0.1) is 12.8 Å². The molecule has 0 fully saturated rings. The molecule has 3 nitrogen and oxygen atoms in total. The van der Waals surface area contributed by atoms with E-state index in [4.69, 9.17) is 9.47 Å². The van der Waals surface area contributed by atoms with Crippen LogP contribution in [0.4, 0.5) is 0 Å². The molecule has 1 aliphatic heterocycles. The van der Waals surface area contributed by atoms with Gasteiger partial charge in [-0.2, -0.15) is 0 Å². The molecule has 124 valence electrons. The van der Waals surface area contributed by atoms with Crippen molar-refractivity contribution in [2.75, 3.05) is 6.61 Å². The molecule has 0 N–H and O–H groups in total. The first-order chi connectivity index (χ1) is 11.5. The van der Waals surface area contributed by atoms with E-state index < -0.39 is 0 Å². The predicted molar refractivity (Wildman–Crippen MR) is 95.5 cm³/mol. The van der Waals surface area contributed by atoms with E-state index in [0.29, 0.717) is 29.6 Å². The first kappa shape index (κ1) is 16.3. The van der Waals surface area contributed by atoms with Crippen molar-refractivity contribution in [3.05, 3.63) is 64.9 Å². The van der Waals surface area contributed by atoms with Gasteiger partial charge in [-0.05, 0) is 55.2 Å². The Balaban J connectivity index is 1.70. The van der Waals surface area contributed by atoms with Crippen molar-refractivity contribution in [3.8, 4) is 11.5 Å². The highest BCUT2D eigenvalue weighted by atomic mass is 16.5. The minimum absolute atomic E-state index is 0.0639. The zero-order valence-corrected chi connectivity index (χ0v) is 14.3. The number of Topliss-reactive ketones (excluding diaryl/α,β-unsaturated/α-hetero) is 1. The molecule has 0 atom stereocenters. The molecule has 24 heavy (non-hydrogen) atoms. The first-order valence-corrected chi connectivity index (χ1v) is 8.30. The van der Waals surface area contributed by atoms with Gasteiger partial charge in [0.1, 0.15) is 11.5 Å². The summed E-state index contributed by atoms with van der Waals surface area (Å²) in [5.41, 5.74) is 2.60. The minimum atomic E-state index is -0.0639. The first-order valence-electron chi connectivity index (χ1n) is 8.30. The Bertz CT molecular complexity index is 770. The van der Waals surface area contributed by atoms with Crippen LogP contribution in [-0.2, 0) is 0 Å². The van der Waals surface area contributed by atoms with Crippen molar-refractivity contribution in [2.45, 2.75) is 27.2 Å². The van der Waals surface area contributed by atoms with Gasteiger partial charge in [-0.15, -0.1) is 0 Å². The van der Waals surface area contributed by atoms with Crippen molar-refractivity contribution in [1.82, 2.24) is 0 Å². The van der Waals surface area contributed by atoms with Crippen LogP contribution in [0.2, 0.25) is 0 Å². The highest BCUT2D eigenvalue weighted by molar-refractivity contribution is 6.14. The van der Waals surface area contributed by atoms with E-state index in [2.05, 4.69) is 13.8 Å². The van der Waals surface area contributed by atoms with Gasteiger partial charge in [0, 0.05) is 0 Å². The van der Waals surface area contributed by atoms with Crippen molar-refractivity contribution in [2.24, 2.45) is 5.92 Å². The second kappa shape index (κ2) is 6.91. The average Bonchev–Trinajstić information content (AvgIpc) is 2.85. The van der Waals surface area contributed by atoms with Crippen LogP contribution >= 0.6 is 0 Å². The van der Waals surface area contributed by atoms with Gasteiger partial charge in [0.25, 0.3) is 0 Å². The van der Waals surface area contributed by atoms with E-state index in [-0.39, 0.29) is 5.78 Å². The molecule has 2 aromatic carbocycles. The molecule has 0 amide bonds. The zero-order valence-electron chi connectivity index (χ0n) is 14.3. The van der Waals surface area contributed by atoms with E-state index in [1.165, 1.54) is 0 Å². The summed E-state index contributed by atoms with van der Waals surface area (Å²) in [6.45, 7) is 7.04. The zero-order chi connectivity index (χ0) is 17.1. The third-order valence-corrected chi connectivity index (χ3v) is 3.97. The number of ketones is 1. The molecule has 0 bridgehead atoms. The van der Waals surface area contributed by atoms with Gasteiger partial charge in [0.15, 0.2) is 5.76 Å². The van der Waals surface area contributed by atoms with E-state index in [0.717, 1.165) is 23.3 Å². The van der Waals surface area contributed by atoms with Crippen LogP contribution in [-0.4, -0.2) is 12.4 Å². The summed E-state index contributed by atoms with van der Waals surface area (Å²) in [6.07, 6.45) is 2.81. The van der Waals surface area contributed by atoms with Crippen LogP contribution in [0.25, 0.3) is 6.08 Å². The minimum Gasteiger partial charge on any atom is -0.494 e. The lowest BCUT2D eigenvalue weighted by molar-refractivity contribution is 0.101. The van der Waals surface area contributed by atoms with Gasteiger partial charge in [0.05, 0.1) is 12.2 Å². The summed E-state index contributed by atoms with van der Waals surface area (Å²) in [5, 5.41) is 0. The van der Waals surface area contributed by atoms with Crippen molar-refractivity contribution in [3.63, 3.8) is 0 Å². The molecule has 1 heterocycles. The van der Waals surface area contributed by atoms with Crippen LogP contribution < -0.4 is 9.47 Å². The molecule has 0 radical (unpaired) electrons. The van der Waals surface area contributed by atoms with Gasteiger partial charge >= 0.3 is 0 Å². The fourth-order valence-corrected chi connectivity index (χ4v) is 2.53. The summed E-state index contributed by atoms with van der Waals surface area (Å²) < 4.78 is 11.4. The van der Waals surface area contributed by atoms with Crippen molar-refractivity contribution >= 4 is 11.9 Å². The predicted octanol–water partition coefficient (Wildman–Crippen LogP) is 5.04. The Labute approximate surface area is 142 Å². The summed E-state index contributed by atoms with van der Waals surface area (Å²) in [6, 6.07) is 13.4. The quantitative estimate of drug-likeness (QED) is 0.724. The summed E-state index contributed by atoms with van der Waals surface area (Å²) >= 11 is 0. The lowest BCUT2D eigenvalue weighted by Gasteiger charge is -2.08. The highest BCUT2D eigenvalue weighted by Gasteiger charge is 2.27. The van der Waals surface area contributed by atoms with Crippen LogP contribution in [0.5, 0.6) is 11.5 Å². The van der Waals surface area contributed by atoms with Crippen LogP contribution in [0.3, 0.4) is 0 Å². The van der Waals surface area contributed by atoms with Gasteiger partial charge in [-0.25, -0.2) is 0 Å². The number of aryl methyl sites for hydroxylation is 1. The van der Waals surface area contributed by atoms with E-state index in [1.807, 2.05) is 49.4 Å². The molecular formula is C21H22O3. The Kier molecular flexibility index (Phi) is 4.70. The number of rotatable bonds is 5. The van der Waals surface area contributed by atoms with Crippen LogP contribution in [0.15, 0.2) is 48.2 Å². The number of hydrogen-bond donors (Lipinski definition) is 0. The molecule has 1 aliphatic rings. The van der Waals surface area contributed by atoms with Gasteiger partial charge < -0.3 is 9.47 Å². The van der Waals surface area contributed by atoms with Crippen molar-refractivity contribution in [1.29, 1.82) is 0 Å². The second-order valence-electron chi connectivity index (χ2n) is 6.54. The fraction of sp³-hybridized carbons (Fsp3) is 0.286. The van der Waals surface area contributed by atoms with Crippen LogP contribution in [0.1, 0.15) is 41.8 Å². The van der Waals surface area contributed by atoms with E-state index in [9.17, 15) is 4.79 Å². The number of benzene rings is 2. The number of carbonyl (C=O) groups excluding carboxylic acids is 1. The Morgan fingerprint density at radius 1 is 1.12 bits per heavy atom. The molecule has 2 aromatic rings. The molecule has 0 aliphatic carbocycles. The maximum Gasteiger partial charge on any atom is 0.231 e. The lowest BCUT2D eigenvalue weighted by atomic mass is 10.1. The highest BCUT2D eigenvalue weighted by Crippen LogP contribution is 2.32. The smallest absolute Gasteiger partial charge is 0.231 e. The van der Waals surface area contributed by atoms with Gasteiger partial charge in [-0.3, -0.25) is 4.79 Å². The van der Waals surface area contributed by atoms with E-state index >= 15 is 0 Å². The van der Waals surface area contributed by atoms with Gasteiger partial charge in [-0.1, -0.05) is 37.6 Å². The molecular weight excluding hydrogens is 300 g/mol. The standard InChI is InChI=1S/C21H22O3/c1-14(2)10-11-23-17-7-5-16(6-8-17)13-20-21(22)18-12-15(3)4-9-19(18)24-20/h4-9,12-14H,10-11H2,1-3H3/b20-13-. The molecule has 0 saturated carbocycles. The molecule has 3 rings (SSSR count). The maximum absolute atomic E-state index is 12.4. The molecule has 0 saturated heterocycles. The number of allylic oxidation sites excluding steroid dienone is 1. The summed E-state index contributed by atoms with van der Waals surface area (Å²) in [4.78, 5) is 12.4. The monoisotopic (exact) mass is 322 g/mol. The largest absolute Gasteiger partial charge is 0.494 e. The molecule has 0 spiro atoms. The second-order valence-corrected chi connectivity index (χ2v) is 6.54. The SMILES string of the molecule is Cc1ccc2c(c1)C(=O)/C(=C/c1ccc(OCCC(C)C)cc1)O2. The maximum atomic E-state index is 12.4. The molecule has 0 unspecified atom stereocenters. The Morgan fingerprint density at radius 2 is 1.88 bits per heavy atom. The number of fused-ring (bicyclic) bond motifs is 1. The summed E-state index contributed by atoms with van der Waals surface area (Å²) in [7, 11) is 0. The topological polar surface area (TPSA) is 35.5 Å². The number of hydrogen-bond acceptors (Lipinski definition) is 3. The summed E-state index contributed by atoms with van der Waals surface area (Å²) in [5.74, 6) is 2.40. The van der Waals surface area contributed by atoms with Gasteiger partial charge in [0.2, 0.25) is 5.78 Å². The number of ether oxygens (including phenoxy) is 2. The Hall–Kier alpha value is -2.55. The fourth-order valence-electron chi connectivity index (χ4n) is 2.53. The Morgan fingerprint density at radius 3 is 2.58 bits per heavy atom. The third-order valence-electron chi connectivity index (χ3n) is 3.97.